The fraction of sp³-hybridized carbons (Fsp3) is 0.714. The van der Waals surface area contributed by atoms with E-state index in [0.29, 0.717) is 5.92 Å². The average Bonchev–Trinajstić information content (AvgIpc) is 2.87. The van der Waals surface area contributed by atoms with E-state index in [9.17, 15) is 0 Å². The van der Waals surface area contributed by atoms with Gasteiger partial charge in [-0.1, -0.05) is 19.3 Å². The first-order valence-electron chi connectivity index (χ1n) is 7.15. The smallest absolute Gasteiger partial charge is 0.225 e. The summed E-state index contributed by atoms with van der Waals surface area (Å²) in [6.45, 7) is 1.88. The van der Waals surface area contributed by atoms with Crippen molar-refractivity contribution >= 4 is 5.95 Å². The zero-order valence-electron chi connectivity index (χ0n) is 10.9. The highest BCUT2D eigenvalue weighted by atomic mass is 15.3. The van der Waals surface area contributed by atoms with E-state index in [-0.39, 0.29) is 6.04 Å². The van der Waals surface area contributed by atoms with E-state index in [1.54, 1.807) is 0 Å². The predicted octanol–water partition coefficient (Wildman–Crippen LogP) is 2.06. The molecular formula is C14H22N4. The van der Waals surface area contributed by atoms with Crippen molar-refractivity contribution in [2.75, 3.05) is 18.0 Å². The van der Waals surface area contributed by atoms with Crippen LogP contribution in [0.3, 0.4) is 0 Å². The SMILES string of the molecule is NC1CCN(c2ncc(C3CCCCC3)cn2)C1. The fourth-order valence-electron chi connectivity index (χ4n) is 3.11. The molecule has 0 spiro atoms. The van der Waals surface area contributed by atoms with E-state index in [2.05, 4.69) is 14.9 Å². The molecule has 0 aromatic carbocycles. The number of nitrogens with zero attached hydrogens (tertiary/aromatic N) is 3. The molecule has 0 radical (unpaired) electrons. The lowest BCUT2D eigenvalue weighted by Crippen LogP contribution is -2.27. The molecule has 1 atom stereocenters. The minimum atomic E-state index is 0.284. The molecule has 0 bridgehead atoms. The summed E-state index contributed by atoms with van der Waals surface area (Å²) in [6, 6.07) is 0.284. The van der Waals surface area contributed by atoms with Gasteiger partial charge in [-0.15, -0.1) is 0 Å². The Labute approximate surface area is 109 Å². The standard InChI is InChI=1S/C14H22N4/c15-13-6-7-18(10-13)14-16-8-12(9-17-14)11-4-2-1-3-5-11/h8-9,11,13H,1-7,10,15H2. The largest absolute Gasteiger partial charge is 0.339 e. The Bertz CT molecular complexity index is 360. The third-order valence-corrected chi connectivity index (χ3v) is 4.24. The quantitative estimate of drug-likeness (QED) is 0.868. The molecule has 98 valence electrons. The van der Waals surface area contributed by atoms with Crippen LogP contribution in [0.1, 0.15) is 50.0 Å². The van der Waals surface area contributed by atoms with Crippen LogP contribution in [0.2, 0.25) is 0 Å². The Hall–Kier alpha value is -1.16. The molecule has 1 aromatic rings. The molecule has 3 rings (SSSR count). The van der Waals surface area contributed by atoms with Crippen LogP contribution in [0.4, 0.5) is 5.95 Å². The lowest BCUT2D eigenvalue weighted by atomic mass is 9.85. The van der Waals surface area contributed by atoms with Crippen molar-refractivity contribution < 1.29 is 0 Å². The number of nitrogens with two attached hydrogens (primary N) is 1. The van der Waals surface area contributed by atoms with Crippen molar-refractivity contribution in [2.24, 2.45) is 5.73 Å². The van der Waals surface area contributed by atoms with Crippen LogP contribution in [0.25, 0.3) is 0 Å². The summed E-state index contributed by atoms with van der Waals surface area (Å²) in [5.74, 6) is 1.54. The summed E-state index contributed by atoms with van der Waals surface area (Å²) in [6.07, 6.45) is 11.8. The Morgan fingerprint density at radius 1 is 1.06 bits per heavy atom. The molecule has 2 N–H and O–H groups in total. The van der Waals surface area contributed by atoms with Gasteiger partial charge in [-0.25, -0.2) is 9.97 Å². The Kier molecular flexibility index (Phi) is 3.46. The van der Waals surface area contributed by atoms with Gasteiger partial charge in [0.05, 0.1) is 0 Å². The normalized spacial score (nSPS) is 25.6. The van der Waals surface area contributed by atoms with Crippen molar-refractivity contribution in [3.05, 3.63) is 18.0 Å². The third-order valence-electron chi connectivity index (χ3n) is 4.24. The summed E-state index contributed by atoms with van der Waals surface area (Å²) in [4.78, 5) is 11.2. The van der Waals surface area contributed by atoms with Crippen molar-refractivity contribution in [2.45, 2.75) is 50.5 Å². The molecule has 0 amide bonds. The van der Waals surface area contributed by atoms with Gasteiger partial charge >= 0.3 is 0 Å². The molecule has 1 aromatic heterocycles. The first kappa shape index (κ1) is 11.9. The van der Waals surface area contributed by atoms with Gasteiger partial charge in [0.2, 0.25) is 5.95 Å². The minimum absolute atomic E-state index is 0.284. The fourth-order valence-corrected chi connectivity index (χ4v) is 3.11. The summed E-state index contributed by atoms with van der Waals surface area (Å²) in [5.41, 5.74) is 7.23. The van der Waals surface area contributed by atoms with E-state index in [1.807, 2.05) is 12.4 Å². The molecule has 1 unspecified atom stereocenters. The van der Waals surface area contributed by atoms with Crippen LogP contribution in [0, 0.1) is 0 Å². The van der Waals surface area contributed by atoms with E-state index in [4.69, 9.17) is 5.73 Å². The lowest BCUT2D eigenvalue weighted by Gasteiger charge is -2.22. The van der Waals surface area contributed by atoms with Gasteiger partial charge in [0.15, 0.2) is 0 Å². The summed E-state index contributed by atoms with van der Waals surface area (Å²) >= 11 is 0. The van der Waals surface area contributed by atoms with E-state index < -0.39 is 0 Å². The number of rotatable bonds is 2. The molecule has 1 aliphatic carbocycles. The molecule has 18 heavy (non-hydrogen) atoms. The van der Waals surface area contributed by atoms with E-state index >= 15 is 0 Å². The molecule has 4 heteroatoms. The van der Waals surface area contributed by atoms with Gasteiger partial charge in [0.25, 0.3) is 0 Å². The molecular weight excluding hydrogens is 224 g/mol. The van der Waals surface area contributed by atoms with Gasteiger partial charge in [0.1, 0.15) is 0 Å². The molecule has 1 saturated heterocycles. The van der Waals surface area contributed by atoms with E-state index in [0.717, 1.165) is 25.5 Å². The van der Waals surface area contributed by atoms with Crippen LogP contribution in [-0.2, 0) is 0 Å². The van der Waals surface area contributed by atoms with Crippen LogP contribution in [0.5, 0.6) is 0 Å². The Morgan fingerprint density at radius 2 is 1.78 bits per heavy atom. The van der Waals surface area contributed by atoms with Gasteiger partial charge in [-0.3, -0.25) is 0 Å². The second kappa shape index (κ2) is 5.22. The third kappa shape index (κ3) is 2.48. The van der Waals surface area contributed by atoms with Gasteiger partial charge in [0, 0.05) is 31.5 Å². The number of hydrogen-bond donors (Lipinski definition) is 1. The number of anilines is 1. The molecule has 2 heterocycles. The first-order chi connectivity index (χ1) is 8.83. The topological polar surface area (TPSA) is 55.0 Å². The van der Waals surface area contributed by atoms with Crippen LogP contribution >= 0.6 is 0 Å². The molecule has 4 nitrogen and oxygen atoms in total. The zero-order chi connectivity index (χ0) is 12.4. The first-order valence-corrected chi connectivity index (χ1v) is 7.15. The second-order valence-corrected chi connectivity index (χ2v) is 5.65. The van der Waals surface area contributed by atoms with Crippen molar-refractivity contribution in [1.82, 2.24) is 9.97 Å². The van der Waals surface area contributed by atoms with Gasteiger partial charge < -0.3 is 10.6 Å². The summed E-state index contributed by atoms with van der Waals surface area (Å²) in [5, 5.41) is 0. The lowest BCUT2D eigenvalue weighted by molar-refractivity contribution is 0.442. The highest BCUT2D eigenvalue weighted by molar-refractivity contribution is 5.32. The van der Waals surface area contributed by atoms with Crippen molar-refractivity contribution in [3.63, 3.8) is 0 Å². The van der Waals surface area contributed by atoms with Gasteiger partial charge in [-0.05, 0) is 30.7 Å². The maximum Gasteiger partial charge on any atom is 0.225 e. The second-order valence-electron chi connectivity index (χ2n) is 5.65. The van der Waals surface area contributed by atoms with Crippen LogP contribution < -0.4 is 10.6 Å². The maximum atomic E-state index is 5.91. The monoisotopic (exact) mass is 246 g/mol. The van der Waals surface area contributed by atoms with Crippen molar-refractivity contribution in [1.29, 1.82) is 0 Å². The summed E-state index contributed by atoms with van der Waals surface area (Å²) < 4.78 is 0. The van der Waals surface area contributed by atoms with E-state index in [1.165, 1.54) is 37.7 Å². The Balaban J connectivity index is 1.68. The van der Waals surface area contributed by atoms with Gasteiger partial charge in [-0.2, -0.15) is 0 Å². The molecule has 2 aliphatic rings. The minimum Gasteiger partial charge on any atom is -0.339 e. The highest BCUT2D eigenvalue weighted by Crippen LogP contribution is 2.32. The molecule has 1 aliphatic heterocycles. The Morgan fingerprint density at radius 3 is 2.39 bits per heavy atom. The highest BCUT2D eigenvalue weighted by Gasteiger charge is 2.22. The van der Waals surface area contributed by atoms with Crippen LogP contribution in [0.15, 0.2) is 12.4 Å². The zero-order valence-corrected chi connectivity index (χ0v) is 10.9. The molecule has 1 saturated carbocycles. The maximum absolute atomic E-state index is 5.91. The van der Waals surface area contributed by atoms with Crippen molar-refractivity contribution in [3.8, 4) is 0 Å². The summed E-state index contributed by atoms with van der Waals surface area (Å²) in [7, 11) is 0. The average molecular weight is 246 g/mol. The molecule has 2 fully saturated rings. The van der Waals surface area contributed by atoms with Crippen LogP contribution in [-0.4, -0.2) is 29.1 Å². The predicted molar refractivity (Wildman–Crippen MR) is 72.7 cm³/mol. The number of hydrogen-bond acceptors (Lipinski definition) is 4. The number of aromatic nitrogens is 2.